The maximum Gasteiger partial charge on any atom is 0.321 e. The van der Waals surface area contributed by atoms with Gasteiger partial charge in [0.1, 0.15) is 6.04 Å². The molecule has 2 N–H and O–H groups in total. The summed E-state index contributed by atoms with van der Waals surface area (Å²) < 4.78 is 23.9. The molecular formula is C7H15NO4S. The van der Waals surface area contributed by atoms with Crippen LogP contribution in [-0.2, 0) is 14.8 Å². The van der Waals surface area contributed by atoms with Crippen molar-refractivity contribution in [3.8, 4) is 0 Å². The molecule has 5 nitrogen and oxygen atoms in total. The minimum Gasteiger partial charge on any atom is -0.480 e. The Bertz CT molecular complexity index is 288. The summed E-state index contributed by atoms with van der Waals surface area (Å²) in [6, 6.07) is -1.09. The molecule has 0 spiro atoms. The lowest BCUT2D eigenvalue weighted by molar-refractivity contribution is -0.138. The van der Waals surface area contributed by atoms with Crippen LogP contribution >= 0.6 is 0 Å². The summed E-state index contributed by atoms with van der Waals surface area (Å²) in [7, 11) is -3.57. The van der Waals surface area contributed by atoms with Crippen LogP contribution < -0.4 is 4.72 Å². The summed E-state index contributed by atoms with van der Waals surface area (Å²) in [5.74, 6) is -1.19. The number of hydrogen-bond acceptors (Lipinski definition) is 3. The molecular weight excluding hydrogens is 194 g/mol. The molecule has 0 saturated heterocycles. The molecule has 0 rings (SSSR count). The number of hydrogen-bond donors (Lipinski definition) is 2. The van der Waals surface area contributed by atoms with Crippen molar-refractivity contribution >= 4 is 16.0 Å². The Hall–Kier alpha value is -0.620. The predicted molar refractivity (Wildman–Crippen MR) is 48.9 cm³/mol. The summed E-state index contributed by atoms with van der Waals surface area (Å²) in [6.07, 6.45) is 0. The van der Waals surface area contributed by atoms with E-state index in [0.717, 1.165) is 0 Å². The van der Waals surface area contributed by atoms with Crippen LogP contribution in [0.4, 0.5) is 0 Å². The largest absolute Gasteiger partial charge is 0.480 e. The minimum atomic E-state index is -3.57. The highest BCUT2D eigenvalue weighted by molar-refractivity contribution is 7.90. The van der Waals surface area contributed by atoms with Gasteiger partial charge in [-0.1, -0.05) is 0 Å². The van der Waals surface area contributed by atoms with Crippen molar-refractivity contribution in [3.63, 3.8) is 0 Å². The molecule has 0 heterocycles. The van der Waals surface area contributed by atoms with E-state index in [1.165, 1.54) is 27.7 Å². The quantitative estimate of drug-likeness (QED) is 0.694. The first kappa shape index (κ1) is 12.4. The van der Waals surface area contributed by atoms with E-state index in [1.54, 1.807) is 0 Å². The molecule has 0 bridgehead atoms. The molecule has 0 aliphatic heterocycles. The van der Waals surface area contributed by atoms with E-state index in [2.05, 4.69) is 4.72 Å². The van der Waals surface area contributed by atoms with Crippen molar-refractivity contribution in [2.24, 2.45) is 0 Å². The van der Waals surface area contributed by atoms with Crippen molar-refractivity contribution < 1.29 is 18.3 Å². The van der Waals surface area contributed by atoms with E-state index in [1.807, 2.05) is 0 Å². The third kappa shape index (κ3) is 3.31. The molecule has 0 aromatic heterocycles. The molecule has 0 aromatic carbocycles. The van der Waals surface area contributed by atoms with E-state index >= 15 is 0 Å². The van der Waals surface area contributed by atoms with Crippen LogP contribution in [0.25, 0.3) is 0 Å². The molecule has 0 aromatic rings. The first-order chi connectivity index (χ1) is 5.58. The summed E-state index contributed by atoms with van der Waals surface area (Å²) >= 11 is 0. The van der Waals surface area contributed by atoms with E-state index < -0.39 is 26.8 Å². The number of nitrogens with one attached hydrogen (secondary N) is 1. The predicted octanol–water partition coefficient (Wildman–Crippen LogP) is 0.177. The van der Waals surface area contributed by atoms with Crippen LogP contribution in [0.15, 0.2) is 0 Å². The summed E-state index contributed by atoms with van der Waals surface area (Å²) in [5.41, 5.74) is 0. The van der Waals surface area contributed by atoms with E-state index in [0.29, 0.717) is 0 Å². The molecule has 13 heavy (non-hydrogen) atoms. The lowest BCUT2D eigenvalue weighted by Crippen LogP contribution is -2.46. The van der Waals surface area contributed by atoms with Crippen molar-refractivity contribution in [2.75, 3.05) is 0 Å². The lowest BCUT2D eigenvalue weighted by Gasteiger charge is -2.21. The lowest BCUT2D eigenvalue weighted by atomic mass is 10.3. The van der Waals surface area contributed by atoms with Crippen LogP contribution in [0.5, 0.6) is 0 Å². The van der Waals surface area contributed by atoms with Crippen molar-refractivity contribution in [2.45, 2.75) is 38.5 Å². The fourth-order valence-electron chi connectivity index (χ4n) is 0.460. The van der Waals surface area contributed by atoms with Gasteiger partial charge in [-0.15, -0.1) is 0 Å². The highest BCUT2D eigenvalue weighted by Crippen LogP contribution is 2.13. The average molecular weight is 209 g/mol. The Morgan fingerprint density at radius 3 is 2.00 bits per heavy atom. The molecule has 0 radical (unpaired) electrons. The normalized spacial score (nSPS) is 15.4. The van der Waals surface area contributed by atoms with Crippen LogP contribution in [0, 0.1) is 0 Å². The van der Waals surface area contributed by atoms with Crippen LogP contribution in [0.2, 0.25) is 0 Å². The van der Waals surface area contributed by atoms with Crippen molar-refractivity contribution in [1.29, 1.82) is 0 Å². The maximum atomic E-state index is 11.4. The zero-order valence-electron chi connectivity index (χ0n) is 8.16. The average Bonchev–Trinajstić information content (AvgIpc) is 1.83. The fraction of sp³-hybridized carbons (Fsp3) is 0.857. The molecule has 6 heteroatoms. The van der Waals surface area contributed by atoms with E-state index in [4.69, 9.17) is 5.11 Å². The Kier molecular flexibility index (Phi) is 3.46. The minimum absolute atomic E-state index is 0.989. The number of sulfonamides is 1. The zero-order chi connectivity index (χ0) is 10.9. The van der Waals surface area contributed by atoms with Gasteiger partial charge in [0.05, 0.1) is 4.75 Å². The van der Waals surface area contributed by atoms with Crippen LogP contribution in [0.1, 0.15) is 27.7 Å². The number of carboxylic acids is 1. The van der Waals surface area contributed by atoms with Gasteiger partial charge >= 0.3 is 5.97 Å². The van der Waals surface area contributed by atoms with Gasteiger partial charge in [0.25, 0.3) is 0 Å². The van der Waals surface area contributed by atoms with E-state index in [-0.39, 0.29) is 0 Å². The molecule has 78 valence electrons. The van der Waals surface area contributed by atoms with E-state index in [9.17, 15) is 13.2 Å². The van der Waals surface area contributed by atoms with Crippen molar-refractivity contribution in [1.82, 2.24) is 4.72 Å². The Labute approximate surface area is 78.2 Å². The summed E-state index contributed by atoms with van der Waals surface area (Å²) in [5, 5.41) is 8.48. The summed E-state index contributed by atoms with van der Waals surface area (Å²) in [4.78, 5) is 10.4. The monoisotopic (exact) mass is 209 g/mol. The maximum absolute atomic E-state index is 11.4. The Balaban J connectivity index is 4.64. The molecule has 1 atom stereocenters. The molecule has 0 fully saturated rings. The van der Waals surface area contributed by atoms with Gasteiger partial charge in [-0.25, -0.2) is 13.1 Å². The Morgan fingerprint density at radius 2 is 1.77 bits per heavy atom. The van der Waals surface area contributed by atoms with Gasteiger partial charge in [-0.05, 0) is 27.7 Å². The van der Waals surface area contributed by atoms with Crippen LogP contribution in [-0.4, -0.2) is 30.3 Å². The standard InChI is InChI=1S/C7H15NO4S/c1-5(6(9)10)8-13(11,12)7(2,3)4/h5,8H,1-4H3,(H,9,10)/t5-/m0/s1. The smallest absolute Gasteiger partial charge is 0.321 e. The first-order valence-electron chi connectivity index (χ1n) is 3.82. The van der Waals surface area contributed by atoms with Gasteiger partial charge < -0.3 is 5.11 Å². The van der Waals surface area contributed by atoms with Gasteiger partial charge in [-0.2, -0.15) is 0 Å². The van der Waals surface area contributed by atoms with Gasteiger partial charge in [0, 0.05) is 0 Å². The highest BCUT2D eigenvalue weighted by Gasteiger charge is 2.31. The fourth-order valence-corrected chi connectivity index (χ4v) is 1.38. The second-order valence-corrected chi connectivity index (χ2v) is 6.26. The van der Waals surface area contributed by atoms with Gasteiger partial charge in [0.15, 0.2) is 0 Å². The van der Waals surface area contributed by atoms with Gasteiger partial charge in [-0.3, -0.25) is 4.79 Å². The zero-order valence-corrected chi connectivity index (χ0v) is 8.97. The second kappa shape index (κ2) is 3.63. The number of aliphatic carboxylic acids is 1. The first-order valence-corrected chi connectivity index (χ1v) is 5.31. The van der Waals surface area contributed by atoms with Crippen LogP contribution in [0.3, 0.4) is 0 Å². The highest BCUT2D eigenvalue weighted by atomic mass is 32.2. The molecule has 0 unspecified atom stereocenters. The molecule has 0 aliphatic rings. The van der Waals surface area contributed by atoms with Crippen molar-refractivity contribution in [3.05, 3.63) is 0 Å². The SMILES string of the molecule is C[C@H](NS(=O)(=O)C(C)(C)C)C(=O)O. The molecule has 0 saturated carbocycles. The third-order valence-corrected chi connectivity index (χ3v) is 3.78. The number of carbonyl (C=O) groups is 1. The molecule has 0 aliphatic carbocycles. The van der Waals surface area contributed by atoms with Gasteiger partial charge in [0.2, 0.25) is 10.0 Å². The number of rotatable bonds is 3. The Morgan fingerprint density at radius 1 is 1.38 bits per heavy atom. The summed E-state index contributed by atoms with van der Waals surface area (Å²) in [6.45, 7) is 5.79. The molecule has 0 amide bonds. The topological polar surface area (TPSA) is 83.5 Å². The second-order valence-electron chi connectivity index (χ2n) is 3.79. The third-order valence-electron chi connectivity index (χ3n) is 1.51. The number of carboxylic acid groups (broad SMARTS) is 1.